The van der Waals surface area contributed by atoms with E-state index in [1.165, 1.54) is 33.6 Å². The van der Waals surface area contributed by atoms with Gasteiger partial charge in [0.2, 0.25) is 0 Å². The molecule has 0 bridgehead atoms. The Hall–Kier alpha value is -1.87. The third kappa shape index (κ3) is 10.6. The van der Waals surface area contributed by atoms with Crippen molar-refractivity contribution in [2.45, 2.75) is 105 Å². The zero-order valence-electron chi connectivity index (χ0n) is 28.9. The van der Waals surface area contributed by atoms with Crippen LogP contribution in [-0.4, -0.2) is 28.5 Å². The molecule has 0 spiro atoms. The summed E-state index contributed by atoms with van der Waals surface area (Å²) < 4.78 is 6.41. The summed E-state index contributed by atoms with van der Waals surface area (Å²) >= 11 is -1.75. The van der Waals surface area contributed by atoms with E-state index in [-0.39, 0.29) is 22.3 Å². The molecule has 0 amide bonds. The standard InChI is InChI=1S/C28H41N2.C10H12O.2ClH.Ru/c1-20-13-21(26(2,3)4)16-24(14-20)29-11-12-30(19-29)25-17-22(27(5,6)7)15-23(18-25)28(8,9)10;1-8(2)11-10-7-5-4-6-9(10)3;;;/h13-19H,11-12H2,1-10H3;3-8H,1-2H3;2*1H;/q-1;;;;+2/p-1. The van der Waals surface area contributed by atoms with E-state index in [1.54, 1.807) is 0 Å². The molecule has 0 radical (unpaired) electrons. The molecule has 244 valence electrons. The minimum Gasteiger partial charge on any atom is -0.502 e. The van der Waals surface area contributed by atoms with Crippen molar-refractivity contribution in [1.82, 2.24) is 0 Å². The van der Waals surface area contributed by atoms with Crippen LogP contribution < -0.4 is 9.80 Å². The van der Waals surface area contributed by atoms with E-state index < -0.39 is 13.5 Å². The van der Waals surface area contributed by atoms with Crippen LogP contribution in [0.5, 0.6) is 5.75 Å². The van der Waals surface area contributed by atoms with Gasteiger partial charge in [-0.25, -0.2) is 0 Å². The molecule has 44 heavy (non-hydrogen) atoms. The molecule has 6 heteroatoms. The monoisotopic (exact) mass is 726 g/mol. The van der Waals surface area contributed by atoms with Gasteiger partial charge in [-0.15, -0.1) is 0 Å². The summed E-state index contributed by atoms with van der Waals surface area (Å²) in [5.41, 5.74) is 9.60. The van der Waals surface area contributed by atoms with Crippen LogP contribution in [0.25, 0.3) is 0 Å². The maximum Gasteiger partial charge on any atom is 0.00918 e. The number of hydrogen-bond donors (Lipinski definition) is 0. The third-order valence-electron chi connectivity index (χ3n) is 7.62. The van der Waals surface area contributed by atoms with Crippen molar-refractivity contribution < 1.29 is 18.3 Å². The Bertz CT molecular complexity index is 1410. The Balaban J connectivity index is 0.000000317. The summed E-state index contributed by atoms with van der Waals surface area (Å²) in [6, 6.07) is 22.1. The number of para-hydroxylation sites is 1. The van der Waals surface area contributed by atoms with Crippen LogP contribution >= 0.6 is 19.4 Å². The second kappa shape index (κ2) is 14.7. The number of aromatic hydroxyl groups is 1. The minimum absolute atomic E-state index is 0.133. The summed E-state index contributed by atoms with van der Waals surface area (Å²) in [7, 11) is 11.7. The molecule has 3 aromatic carbocycles. The van der Waals surface area contributed by atoms with Gasteiger partial charge in [0.15, 0.2) is 0 Å². The molecule has 1 heterocycles. The van der Waals surface area contributed by atoms with Crippen LogP contribution in [0.15, 0.2) is 60.7 Å². The first kappa shape index (κ1) is 36.6. The van der Waals surface area contributed by atoms with Crippen LogP contribution in [0.4, 0.5) is 11.4 Å². The Morgan fingerprint density at radius 2 is 1.18 bits per heavy atom. The van der Waals surface area contributed by atoms with Gasteiger partial charge in [-0.3, -0.25) is 0 Å². The van der Waals surface area contributed by atoms with E-state index in [2.05, 4.69) is 127 Å². The number of aryl methyl sites for hydroxylation is 1. The summed E-state index contributed by atoms with van der Waals surface area (Å²) in [6.45, 7) is 31.3. The predicted molar refractivity (Wildman–Crippen MR) is 193 cm³/mol. The van der Waals surface area contributed by atoms with Crippen molar-refractivity contribution in [3.8, 4) is 5.75 Å². The third-order valence-corrected chi connectivity index (χ3v) is 9.46. The molecular weight excluding hydrogens is 672 g/mol. The normalized spacial score (nSPS) is 14.4. The molecule has 3 aromatic rings. The summed E-state index contributed by atoms with van der Waals surface area (Å²) in [5.74, 6) is 0.975. The maximum atomic E-state index is 5.83. The van der Waals surface area contributed by atoms with Gasteiger partial charge in [0.05, 0.1) is 0 Å². The van der Waals surface area contributed by atoms with Gasteiger partial charge in [0.25, 0.3) is 0 Å². The average Bonchev–Trinajstić information content (AvgIpc) is 3.38. The fourth-order valence-corrected chi connectivity index (χ4v) is 6.76. The second-order valence-electron chi connectivity index (χ2n) is 15.2. The number of aliphatic hydroxyl groups is 1. The van der Waals surface area contributed by atoms with E-state index in [0.717, 1.165) is 24.4 Å². The molecular formula is C38H54Cl2N2ORu. The molecule has 1 N–H and O–H groups in total. The topological polar surface area (TPSA) is 19.3 Å². The van der Waals surface area contributed by atoms with Gasteiger partial charge in [0.1, 0.15) is 0 Å². The van der Waals surface area contributed by atoms with Crippen LogP contribution in [-0.2, 0) is 29.8 Å². The molecule has 1 fully saturated rings. The molecule has 3 nitrogen and oxygen atoms in total. The zero-order valence-corrected chi connectivity index (χ0v) is 32.1. The Morgan fingerprint density at radius 3 is 1.64 bits per heavy atom. The molecule has 0 aromatic heterocycles. The van der Waals surface area contributed by atoms with Gasteiger partial charge >= 0.3 is 97.8 Å². The van der Waals surface area contributed by atoms with Crippen LogP contribution in [0.3, 0.4) is 0 Å². The van der Waals surface area contributed by atoms with Gasteiger partial charge < -0.3 is 9.80 Å². The number of anilines is 2. The number of benzene rings is 3. The Labute approximate surface area is 281 Å². The zero-order chi connectivity index (χ0) is 33.0. The van der Waals surface area contributed by atoms with Crippen molar-refractivity contribution >= 4 is 35.4 Å². The molecule has 0 atom stereocenters. The van der Waals surface area contributed by atoms with E-state index >= 15 is 0 Å². The molecule has 1 aliphatic rings. The first-order valence-electron chi connectivity index (χ1n) is 15.5. The molecule has 4 rings (SSSR count). The smallest absolute Gasteiger partial charge is 0.00918 e. The number of hydrogen-bond acceptors (Lipinski definition) is 2. The number of ether oxygens (including phenoxy) is 1. The van der Waals surface area contributed by atoms with Gasteiger partial charge in [-0.1, -0.05) is 74.4 Å². The number of rotatable bonds is 5. The summed E-state index contributed by atoms with van der Waals surface area (Å²) in [6.07, 6.45) is 0.288. The van der Waals surface area contributed by atoms with Crippen molar-refractivity contribution in [3.05, 3.63) is 95.1 Å². The van der Waals surface area contributed by atoms with Crippen molar-refractivity contribution in [2.24, 2.45) is 0 Å². The molecule has 0 aliphatic carbocycles. The van der Waals surface area contributed by atoms with E-state index in [0.29, 0.717) is 0 Å². The van der Waals surface area contributed by atoms with Crippen molar-refractivity contribution in [2.75, 3.05) is 22.9 Å². The molecule has 1 aliphatic heterocycles. The van der Waals surface area contributed by atoms with Crippen LogP contribution in [0, 0.1) is 13.6 Å². The van der Waals surface area contributed by atoms with E-state index in [1.807, 2.05) is 42.7 Å². The fourth-order valence-electron chi connectivity index (χ4n) is 4.95. The van der Waals surface area contributed by atoms with Gasteiger partial charge in [-0.05, 0) is 69.7 Å². The quantitative estimate of drug-likeness (QED) is 0.148. The van der Waals surface area contributed by atoms with Gasteiger partial charge in [0, 0.05) is 24.5 Å². The Kier molecular flexibility index (Phi) is 12.2. The summed E-state index contributed by atoms with van der Waals surface area (Å²) in [5, 5.41) is 0. The number of halogens is 2. The van der Waals surface area contributed by atoms with Gasteiger partial charge in [-0.2, -0.15) is 6.67 Å². The van der Waals surface area contributed by atoms with Crippen molar-refractivity contribution in [1.29, 1.82) is 0 Å². The Morgan fingerprint density at radius 1 is 0.727 bits per heavy atom. The first-order chi connectivity index (χ1) is 20.2. The second-order valence-corrected chi connectivity index (χ2v) is 20.9. The number of nitrogens with zero attached hydrogens (tertiary/aromatic N) is 2. The minimum atomic E-state index is -1.75. The molecule has 0 unspecified atom stereocenters. The van der Waals surface area contributed by atoms with Crippen LogP contribution in [0.2, 0.25) is 0 Å². The van der Waals surface area contributed by atoms with E-state index in [9.17, 15) is 0 Å². The molecule has 1 saturated heterocycles. The largest absolute Gasteiger partial charge is 0.502 e. The summed E-state index contributed by atoms with van der Waals surface area (Å²) in [4.78, 5) is 4.83. The maximum absolute atomic E-state index is 5.83. The van der Waals surface area contributed by atoms with E-state index in [4.69, 9.17) is 19.4 Å². The molecule has 0 saturated carbocycles. The fraction of sp³-hybridized carbons (Fsp3) is 0.474. The van der Waals surface area contributed by atoms with Crippen LogP contribution in [0.1, 0.15) is 104 Å². The average molecular weight is 727 g/mol. The SMILES string of the molecule is CC(C)[OH+]c1ccccc1[CH]=[Ru]([Cl])[Cl].Cc1cc(N2[CH-]N(c3cc(C(C)(C)C)cc(C(C)(C)C)c3)CC2)cc(C(C)(C)C)c1. The first-order valence-corrected chi connectivity index (χ1v) is 21.0. The predicted octanol–water partition coefficient (Wildman–Crippen LogP) is 10.7. The van der Waals surface area contributed by atoms with Crippen molar-refractivity contribution in [3.63, 3.8) is 0 Å².